The molecular weight excluding hydrogens is 275 g/mol. The minimum atomic E-state index is -3.59. The largest absolute Gasteiger partial charge is 0.522 e. The Hall–Kier alpha value is -0.810. The van der Waals surface area contributed by atoms with E-state index < -0.39 is 23.4 Å². The van der Waals surface area contributed by atoms with E-state index in [0.717, 1.165) is 13.2 Å². The predicted octanol–water partition coefficient (Wildman–Crippen LogP) is 2.20. The van der Waals surface area contributed by atoms with Gasteiger partial charge in [-0.3, -0.25) is 0 Å². The maximum atomic E-state index is 11.3. The molecule has 0 aliphatic rings. The molecule has 0 aromatic heterocycles. The van der Waals surface area contributed by atoms with E-state index in [-0.39, 0.29) is 4.90 Å². The Balaban J connectivity index is 0.000000494. The van der Waals surface area contributed by atoms with Crippen LogP contribution in [0.3, 0.4) is 0 Å². The second kappa shape index (κ2) is 9.16. The summed E-state index contributed by atoms with van der Waals surface area (Å²) in [7, 11) is -6.24. The zero-order chi connectivity index (χ0) is 14.0. The van der Waals surface area contributed by atoms with Crippen LogP contribution in [-0.2, 0) is 19.1 Å². The first-order valence-electron chi connectivity index (χ1n) is 5.43. The summed E-state index contributed by atoms with van der Waals surface area (Å²) in [6, 6.07) is 7.61. The van der Waals surface area contributed by atoms with Crippen LogP contribution in [0.5, 0.6) is 0 Å². The number of sulfone groups is 1. The maximum Gasteiger partial charge on any atom is 0.522 e. The van der Waals surface area contributed by atoms with Crippen molar-refractivity contribution in [3.05, 3.63) is 30.3 Å². The van der Waals surface area contributed by atoms with Crippen LogP contribution in [0.2, 0.25) is 0 Å². The van der Waals surface area contributed by atoms with Gasteiger partial charge < -0.3 is 4.74 Å². The van der Waals surface area contributed by atoms with Gasteiger partial charge in [0.15, 0.2) is 0 Å². The lowest BCUT2D eigenvalue weighted by molar-refractivity contribution is 0.162. The van der Waals surface area contributed by atoms with Gasteiger partial charge in [0.25, 0.3) is 5.49 Å². The zero-order valence-corrected chi connectivity index (χ0v) is 12.2. The van der Waals surface area contributed by atoms with Crippen LogP contribution in [-0.4, -0.2) is 32.0 Å². The van der Waals surface area contributed by atoms with Crippen LogP contribution in [0.4, 0.5) is 0 Å². The Bertz CT molecular complexity index is 442. The summed E-state index contributed by atoms with van der Waals surface area (Å²) in [6.07, 6.45) is 0. The maximum absolute atomic E-state index is 11.3. The summed E-state index contributed by atoms with van der Waals surface area (Å²) in [6.45, 7) is 5.67. The van der Waals surface area contributed by atoms with E-state index in [0.29, 0.717) is 0 Å². The molecule has 0 saturated carbocycles. The van der Waals surface area contributed by atoms with Crippen molar-refractivity contribution in [3.63, 3.8) is 0 Å². The van der Waals surface area contributed by atoms with E-state index >= 15 is 0 Å². The molecule has 1 aromatic carbocycles. The SMILES string of the molecule is CCOCC.O=[P+](O)CS(=O)(=O)c1ccccc1. The number of hydrogen-bond donors (Lipinski definition) is 1. The molecule has 0 saturated heterocycles. The molecule has 0 spiro atoms. The molecule has 0 radical (unpaired) electrons. The lowest BCUT2D eigenvalue weighted by atomic mass is 10.4. The summed E-state index contributed by atoms with van der Waals surface area (Å²) in [5.41, 5.74) is -0.716. The topological polar surface area (TPSA) is 80.7 Å². The molecule has 1 unspecified atom stereocenters. The summed E-state index contributed by atoms with van der Waals surface area (Å²) in [5, 5.41) is 0. The van der Waals surface area contributed by atoms with E-state index in [4.69, 9.17) is 9.63 Å². The van der Waals surface area contributed by atoms with Crippen LogP contribution in [0.15, 0.2) is 35.2 Å². The van der Waals surface area contributed by atoms with Gasteiger partial charge in [-0.1, -0.05) is 18.2 Å². The standard InChI is InChI=1S/C7H7O4PS.C4H10O/c8-12(9)6-13(10,11)7-4-2-1-3-5-7;1-3-5-4-2/h1-5H,6H2;3-4H2,1-2H3/p+1. The highest BCUT2D eigenvalue weighted by Crippen LogP contribution is 2.21. The van der Waals surface area contributed by atoms with E-state index in [1.165, 1.54) is 12.1 Å². The first kappa shape index (κ1) is 17.2. The normalized spacial score (nSPS) is 11.4. The number of benzene rings is 1. The van der Waals surface area contributed by atoms with Gasteiger partial charge in [0, 0.05) is 13.2 Å². The second-order valence-electron chi connectivity index (χ2n) is 3.19. The van der Waals surface area contributed by atoms with Crippen LogP contribution in [0.1, 0.15) is 13.8 Å². The Morgan fingerprint density at radius 2 is 1.67 bits per heavy atom. The van der Waals surface area contributed by atoms with Crippen molar-refractivity contribution in [1.82, 2.24) is 0 Å². The van der Waals surface area contributed by atoms with E-state index in [2.05, 4.69) is 0 Å². The van der Waals surface area contributed by atoms with Crippen LogP contribution in [0, 0.1) is 0 Å². The van der Waals surface area contributed by atoms with Gasteiger partial charge in [0.05, 0.1) is 4.90 Å². The van der Waals surface area contributed by atoms with Gasteiger partial charge in [-0.25, -0.2) is 8.42 Å². The van der Waals surface area contributed by atoms with E-state index in [1.54, 1.807) is 18.2 Å². The van der Waals surface area contributed by atoms with Crippen molar-refractivity contribution in [2.24, 2.45) is 0 Å². The van der Waals surface area contributed by atoms with Gasteiger partial charge in [-0.15, -0.1) is 0 Å². The average molecular weight is 293 g/mol. The Morgan fingerprint density at radius 3 is 2.00 bits per heavy atom. The molecule has 0 aliphatic carbocycles. The van der Waals surface area contributed by atoms with E-state index in [9.17, 15) is 13.0 Å². The molecule has 0 bridgehead atoms. The fraction of sp³-hybridized carbons (Fsp3) is 0.455. The summed E-state index contributed by atoms with van der Waals surface area (Å²) in [5.74, 6) is 0. The second-order valence-corrected chi connectivity index (χ2v) is 6.63. The van der Waals surface area contributed by atoms with Gasteiger partial charge in [-0.2, -0.15) is 4.89 Å². The Morgan fingerprint density at radius 1 is 1.17 bits per heavy atom. The molecule has 7 heteroatoms. The lowest BCUT2D eigenvalue weighted by Gasteiger charge is -1.95. The Kier molecular flexibility index (Phi) is 8.75. The lowest BCUT2D eigenvalue weighted by Crippen LogP contribution is -2.03. The van der Waals surface area contributed by atoms with Crippen molar-refractivity contribution >= 4 is 17.9 Å². The van der Waals surface area contributed by atoms with Crippen LogP contribution >= 0.6 is 8.03 Å². The highest BCUT2D eigenvalue weighted by molar-refractivity contribution is 7.96. The molecule has 1 rings (SSSR count). The highest BCUT2D eigenvalue weighted by Gasteiger charge is 2.26. The molecule has 18 heavy (non-hydrogen) atoms. The first-order chi connectivity index (χ1) is 8.44. The smallest absolute Gasteiger partial charge is 0.382 e. The third kappa shape index (κ3) is 7.50. The number of hydrogen-bond acceptors (Lipinski definition) is 4. The van der Waals surface area contributed by atoms with Crippen molar-refractivity contribution in [2.75, 3.05) is 18.7 Å². The van der Waals surface area contributed by atoms with E-state index in [1.807, 2.05) is 13.8 Å². The minimum Gasteiger partial charge on any atom is -0.382 e. The van der Waals surface area contributed by atoms with Crippen LogP contribution < -0.4 is 0 Å². The van der Waals surface area contributed by atoms with Gasteiger partial charge >= 0.3 is 8.03 Å². The van der Waals surface area contributed by atoms with Crippen molar-refractivity contribution in [1.29, 1.82) is 0 Å². The van der Waals surface area contributed by atoms with Gasteiger partial charge in [0.1, 0.15) is 0 Å². The summed E-state index contributed by atoms with van der Waals surface area (Å²) in [4.78, 5) is 8.56. The van der Waals surface area contributed by atoms with Gasteiger partial charge in [-0.05, 0) is 30.5 Å². The first-order valence-corrected chi connectivity index (χ1v) is 8.48. The Labute approximate surface area is 109 Å². The molecule has 102 valence electrons. The average Bonchev–Trinajstić information content (AvgIpc) is 2.30. The predicted molar refractivity (Wildman–Crippen MR) is 70.5 cm³/mol. The summed E-state index contributed by atoms with van der Waals surface area (Å²) < 4.78 is 37.8. The quantitative estimate of drug-likeness (QED) is 0.842. The molecular formula is C11H18O5PS+. The minimum absolute atomic E-state index is 0.0763. The molecule has 0 fully saturated rings. The molecule has 0 aliphatic heterocycles. The summed E-state index contributed by atoms with van der Waals surface area (Å²) >= 11 is 0. The molecule has 1 aromatic rings. The number of ether oxygens (including phenoxy) is 1. The molecule has 1 N–H and O–H groups in total. The molecule has 1 atom stereocenters. The highest BCUT2D eigenvalue weighted by atomic mass is 32.2. The molecule has 0 amide bonds. The van der Waals surface area contributed by atoms with Crippen molar-refractivity contribution < 1.29 is 22.6 Å². The van der Waals surface area contributed by atoms with Crippen molar-refractivity contribution in [2.45, 2.75) is 18.7 Å². The number of rotatable bonds is 5. The third-order valence-corrected chi connectivity index (χ3v) is 5.02. The zero-order valence-electron chi connectivity index (χ0n) is 10.4. The third-order valence-electron chi connectivity index (χ3n) is 1.79. The van der Waals surface area contributed by atoms with Crippen molar-refractivity contribution in [3.8, 4) is 0 Å². The van der Waals surface area contributed by atoms with Crippen LogP contribution in [0.25, 0.3) is 0 Å². The molecule has 5 nitrogen and oxygen atoms in total. The van der Waals surface area contributed by atoms with Gasteiger partial charge in [0.2, 0.25) is 9.84 Å². The fourth-order valence-electron chi connectivity index (χ4n) is 1.05. The monoisotopic (exact) mass is 293 g/mol. The molecule has 0 heterocycles. The fourth-order valence-corrected chi connectivity index (χ4v) is 3.38.